The highest BCUT2D eigenvalue weighted by Gasteiger charge is 2.26. The summed E-state index contributed by atoms with van der Waals surface area (Å²) < 4.78 is 5.27. The average molecular weight is 328 g/mol. The third kappa shape index (κ3) is 10.3. The normalized spacial score (nSPS) is 17.2. The van der Waals surface area contributed by atoms with Crippen molar-refractivity contribution in [3.63, 3.8) is 0 Å². The van der Waals surface area contributed by atoms with Gasteiger partial charge < -0.3 is 14.5 Å². The van der Waals surface area contributed by atoms with Crippen molar-refractivity contribution in [1.29, 1.82) is 0 Å². The standard InChI is InChI=1S/C13H29O3PS2/c1-5-7-8-12(6-2)13(19-17(14,15)18)10-9-11(3)16-4/h11-13H,5-10H2,1-4H3,(H2,14,15,18). The molecule has 0 aromatic heterocycles. The SMILES string of the molecule is CCCCC(CC)C(CCC(C)OC)SP(O)(O)=S. The Hall–Kier alpha value is 0.880. The second-order valence-corrected chi connectivity index (χ2v) is 11.2. The minimum atomic E-state index is -3.18. The predicted octanol–water partition coefficient (Wildman–Crippen LogP) is 4.33. The molecule has 3 unspecified atom stereocenters. The molecular weight excluding hydrogens is 299 g/mol. The quantitative estimate of drug-likeness (QED) is 0.553. The highest BCUT2D eigenvalue weighted by atomic mass is 32.9. The van der Waals surface area contributed by atoms with Crippen molar-refractivity contribution in [3.8, 4) is 0 Å². The molecule has 6 heteroatoms. The highest BCUT2D eigenvalue weighted by Crippen LogP contribution is 2.56. The number of hydrogen-bond acceptors (Lipinski definition) is 3. The van der Waals surface area contributed by atoms with Crippen molar-refractivity contribution >= 4 is 28.9 Å². The number of methoxy groups -OCH3 is 1. The summed E-state index contributed by atoms with van der Waals surface area (Å²) in [6.45, 7) is 6.40. The zero-order valence-electron chi connectivity index (χ0n) is 12.5. The Morgan fingerprint density at radius 3 is 2.26 bits per heavy atom. The van der Waals surface area contributed by atoms with Crippen LogP contribution in [-0.4, -0.2) is 28.3 Å². The second-order valence-electron chi connectivity index (χ2n) is 5.07. The number of rotatable bonds is 11. The fourth-order valence-electron chi connectivity index (χ4n) is 2.19. The Bertz CT molecular complexity index is 271. The molecule has 0 bridgehead atoms. The first-order valence-electron chi connectivity index (χ1n) is 7.10. The van der Waals surface area contributed by atoms with E-state index in [0.717, 1.165) is 25.7 Å². The van der Waals surface area contributed by atoms with E-state index in [1.54, 1.807) is 7.11 Å². The Kier molecular flexibility index (Phi) is 11.1. The minimum absolute atomic E-state index is 0.210. The van der Waals surface area contributed by atoms with Gasteiger partial charge in [0, 0.05) is 12.4 Å². The minimum Gasteiger partial charge on any atom is -0.382 e. The van der Waals surface area contributed by atoms with Crippen molar-refractivity contribution in [3.05, 3.63) is 0 Å². The van der Waals surface area contributed by atoms with E-state index in [2.05, 4.69) is 13.8 Å². The van der Waals surface area contributed by atoms with E-state index in [9.17, 15) is 9.79 Å². The van der Waals surface area contributed by atoms with Gasteiger partial charge in [-0.05, 0) is 43.9 Å². The molecule has 116 valence electrons. The maximum absolute atomic E-state index is 9.59. The molecule has 0 heterocycles. The van der Waals surface area contributed by atoms with Gasteiger partial charge in [0.2, 0.25) is 5.69 Å². The molecule has 19 heavy (non-hydrogen) atoms. The van der Waals surface area contributed by atoms with Gasteiger partial charge in [0.05, 0.1) is 6.10 Å². The molecule has 3 atom stereocenters. The van der Waals surface area contributed by atoms with E-state index in [1.807, 2.05) is 6.92 Å². The topological polar surface area (TPSA) is 49.7 Å². The van der Waals surface area contributed by atoms with E-state index in [-0.39, 0.29) is 11.4 Å². The van der Waals surface area contributed by atoms with Gasteiger partial charge in [-0.2, -0.15) is 0 Å². The maximum Gasteiger partial charge on any atom is 0.242 e. The monoisotopic (exact) mass is 328 g/mol. The van der Waals surface area contributed by atoms with Crippen molar-refractivity contribution in [2.45, 2.75) is 70.7 Å². The highest BCUT2D eigenvalue weighted by molar-refractivity contribution is 8.67. The van der Waals surface area contributed by atoms with Gasteiger partial charge >= 0.3 is 0 Å². The first-order chi connectivity index (χ1) is 8.84. The molecule has 0 saturated carbocycles. The summed E-state index contributed by atoms with van der Waals surface area (Å²) in [6.07, 6.45) is 6.65. The summed E-state index contributed by atoms with van der Waals surface area (Å²) in [6, 6.07) is 0. The van der Waals surface area contributed by atoms with Crippen LogP contribution in [-0.2, 0) is 16.5 Å². The van der Waals surface area contributed by atoms with Crippen LogP contribution in [0.4, 0.5) is 0 Å². The van der Waals surface area contributed by atoms with Crippen LogP contribution >= 0.6 is 17.1 Å². The van der Waals surface area contributed by atoms with Crippen molar-refractivity contribution in [2.75, 3.05) is 7.11 Å². The summed E-state index contributed by atoms with van der Waals surface area (Å²) >= 11 is 6.02. The van der Waals surface area contributed by atoms with Gasteiger partial charge in [-0.1, -0.05) is 44.5 Å². The molecule has 0 radical (unpaired) electrons. The Balaban J connectivity index is 4.57. The van der Waals surface area contributed by atoms with Crippen LogP contribution in [0.1, 0.15) is 59.3 Å². The molecular formula is C13H29O3PS2. The summed E-state index contributed by atoms with van der Waals surface area (Å²) in [5.74, 6) is 0.510. The summed E-state index contributed by atoms with van der Waals surface area (Å²) in [5, 5.41) is 0.231. The fraction of sp³-hybridized carbons (Fsp3) is 1.00. The lowest BCUT2D eigenvalue weighted by molar-refractivity contribution is 0.107. The molecule has 3 nitrogen and oxygen atoms in total. The van der Waals surface area contributed by atoms with Gasteiger partial charge in [-0.3, -0.25) is 0 Å². The molecule has 2 N–H and O–H groups in total. The number of unbranched alkanes of at least 4 members (excludes halogenated alkanes) is 1. The third-order valence-corrected chi connectivity index (χ3v) is 7.09. The van der Waals surface area contributed by atoms with Crippen LogP contribution in [0.3, 0.4) is 0 Å². The van der Waals surface area contributed by atoms with E-state index in [4.69, 9.17) is 16.5 Å². The van der Waals surface area contributed by atoms with Crippen LogP contribution in [0.25, 0.3) is 0 Å². The van der Waals surface area contributed by atoms with Crippen LogP contribution in [0, 0.1) is 5.92 Å². The van der Waals surface area contributed by atoms with Gasteiger partial charge in [-0.25, -0.2) is 0 Å². The van der Waals surface area contributed by atoms with Gasteiger partial charge in [-0.15, -0.1) is 0 Å². The number of ether oxygens (including phenoxy) is 1. The van der Waals surface area contributed by atoms with Crippen molar-refractivity contribution < 1.29 is 14.5 Å². The van der Waals surface area contributed by atoms with Gasteiger partial charge in [0.1, 0.15) is 0 Å². The molecule has 0 fully saturated rings. The molecule has 0 rings (SSSR count). The number of hydrogen-bond donors (Lipinski definition) is 2. The van der Waals surface area contributed by atoms with E-state index in [1.165, 1.54) is 24.2 Å². The lowest BCUT2D eigenvalue weighted by Gasteiger charge is -2.28. The average Bonchev–Trinajstić information content (AvgIpc) is 2.34. The first-order valence-corrected chi connectivity index (χ1v) is 11.3. The smallest absolute Gasteiger partial charge is 0.242 e. The molecule has 0 spiro atoms. The van der Waals surface area contributed by atoms with Crippen LogP contribution in [0.5, 0.6) is 0 Å². The van der Waals surface area contributed by atoms with E-state index in [0.29, 0.717) is 5.92 Å². The Morgan fingerprint density at radius 2 is 1.84 bits per heavy atom. The molecule has 0 amide bonds. The zero-order chi connectivity index (χ0) is 14.9. The molecule has 0 aliphatic rings. The van der Waals surface area contributed by atoms with Crippen molar-refractivity contribution in [2.24, 2.45) is 5.92 Å². The van der Waals surface area contributed by atoms with Gasteiger partial charge in [0.15, 0.2) is 0 Å². The Morgan fingerprint density at radius 1 is 1.21 bits per heavy atom. The summed E-state index contributed by atoms with van der Waals surface area (Å²) in [5.41, 5.74) is -3.18. The Labute approximate surface area is 127 Å². The van der Waals surface area contributed by atoms with E-state index >= 15 is 0 Å². The second kappa shape index (κ2) is 10.6. The predicted molar refractivity (Wildman–Crippen MR) is 89.1 cm³/mol. The van der Waals surface area contributed by atoms with Crippen LogP contribution < -0.4 is 0 Å². The lowest BCUT2D eigenvalue weighted by atomic mass is 9.92. The van der Waals surface area contributed by atoms with Crippen molar-refractivity contribution in [1.82, 2.24) is 0 Å². The summed E-state index contributed by atoms with van der Waals surface area (Å²) in [4.78, 5) is 19.2. The maximum atomic E-state index is 9.59. The first kappa shape index (κ1) is 19.9. The zero-order valence-corrected chi connectivity index (χ0v) is 15.1. The summed E-state index contributed by atoms with van der Waals surface area (Å²) in [7, 11) is 1.71. The van der Waals surface area contributed by atoms with Crippen LogP contribution in [0.2, 0.25) is 0 Å². The molecule has 0 aromatic carbocycles. The van der Waals surface area contributed by atoms with Crippen LogP contribution in [0.15, 0.2) is 0 Å². The largest absolute Gasteiger partial charge is 0.382 e. The third-order valence-electron chi connectivity index (χ3n) is 3.51. The van der Waals surface area contributed by atoms with E-state index < -0.39 is 5.69 Å². The molecule has 0 aliphatic carbocycles. The molecule has 0 aromatic rings. The molecule has 0 saturated heterocycles. The molecule has 0 aliphatic heterocycles. The van der Waals surface area contributed by atoms with Gasteiger partial charge in [0.25, 0.3) is 0 Å². The fourth-order valence-corrected chi connectivity index (χ4v) is 6.17. The lowest BCUT2D eigenvalue weighted by Crippen LogP contribution is -2.19.